The molecule has 2 amide bonds. The summed E-state index contributed by atoms with van der Waals surface area (Å²) < 4.78 is 17.6. The Morgan fingerprint density at radius 3 is 1.49 bits per heavy atom. The maximum absolute atomic E-state index is 12.1. The van der Waals surface area contributed by atoms with Crippen LogP contribution in [-0.2, 0) is 4.74 Å². The molecule has 0 radical (unpaired) electrons. The minimum absolute atomic E-state index is 0.331. The molecule has 0 saturated heterocycles. The van der Waals surface area contributed by atoms with Gasteiger partial charge in [-0.1, -0.05) is 24.3 Å². The maximum atomic E-state index is 12.1. The lowest BCUT2D eigenvalue weighted by Crippen LogP contribution is -2.17. The number of pyridine rings is 2. The van der Waals surface area contributed by atoms with E-state index in [2.05, 4.69) is 31.0 Å². The normalized spacial score (nSPS) is 11.0. The Morgan fingerprint density at radius 2 is 1.04 bits per heavy atom. The molecule has 11 nitrogen and oxygen atoms in total. The molecule has 0 aliphatic carbocycles. The van der Waals surface area contributed by atoms with E-state index in [9.17, 15) is 9.59 Å². The van der Waals surface area contributed by atoms with Crippen LogP contribution in [0.25, 0.3) is 0 Å². The fourth-order valence-electron chi connectivity index (χ4n) is 3.96. The maximum Gasteiger partial charge on any atom is 0.272 e. The van der Waals surface area contributed by atoms with E-state index in [0.29, 0.717) is 49.1 Å². The van der Waals surface area contributed by atoms with Gasteiger partial charge in [-0.25, -0.2) is 10.9 Å². The van der Waals surface area contributed by atoms with Gasteiger partial charge in [-0.15, -0.1) is 0 Å². The Hall–Kier alpha value is -5.42. The van der Waals surface area contributed by atoms with Crippen LogP contribution in [0.3, 0.4) is 0 Å². The Morgan fingerprint density at radius 1 is 0.600 bits per heavy atom. The number of hydrogen-bond donors (Lipinski definition) is 2. The average molecular weight is 609 g/mol. The predicted molar refractivity (Wildman–Crippen MR) is 172 cm³/mol. The summed E-state index contributed by atoms with van der Waals surface area (Å²) in [6.07, 6.45) is 12.7. The van der Waals surface area contributed by atoms with Crippen molar-refractivity contribution in [2.75, 3.05) is 26.4 Å². The number of ether oxygens (including phenoxy) is 3. The molecule has 0 unspecified atom stereocenters. The van der Waals surface area contributed by atoms with E-state index in [-0.39, 0.29) is 11.8 Å². The largest absolute Gasteiger partial charge is 0.493 e. The monoisotopic (exact) mass is 608 g/mol. The number of hydrogen-bond acceptors (Lipinski definition) is 9. The predicted octanol–water partition coefficient (Wildman–Crippen LogP) is 5.04. The zero-order valence-electron chi connectivity index (χ0n) is 24.9. The van der Waals surface area contributed by atoms with Gasteiger partial charge in [0.15, 0.2) is 0 Å². The summed E-state index contributed by atoms with van der Waals surface area (Å²) in [5.41, 5.74) is 7.41. The highest BCUT2D eigenvalue weighted by molar-refractivity contribution is 5.95. The number of amides is 2. The van der Waals surface area contributed by atoms with Crippen LogP contribution in [0.4, 0.5) is 0 Å². The van der Waals surface area contributed by atoms with Gasteiger partial charge < -0.3 is 14.2 Å². The van der Waals surface area contributed by atoms with Gasteiger partial charge in [-0.05, 0) is 74.2 Å². The van der Waals surface area contributed by atoms with Crippen molar-refractivity contribution in [3.63, 3.8) is 0 Å². The molecule has 0 aliphatic heterocycles. The summed E-state index contributed by atoms with van der Waals surface area (Å²) in [4.78, 5) is 32.1. The summed E-state index contributed by atoms with van der Waals surface area (Å²) in [5.74, 6) is 0.726. The van der Waals surface area contributed by atoms with Crippen molar-refractivity contribution < 1.29 is 23.8 Å². The minimum atomic E-state index is -0.331. The number of hydrazone groups is 2. The van der Waals surface area contributed by atoms with Crippen molar-refractivity contribution in [3.8, 4) is 11.5 Å². The molecule has 2 aromatic carbocycles. The van der Waals surface area contributed by atoms with Gasteiger partial charge in [0.1, 0.15) is 11.5 Å². The van der Waals surface area contributed by atoms with Crippen LogP contribution in [0.2, 0.25) is 0 Å². The standard InChI is InChI=1S/C34H36N6O5/c41-33(29-13-9-17-35-23-29)39-37-25-27-11-1-3-15-31(27)44-21-7-5-19-43-20-6-8-22-45-32-16-4-2-12-28(32)26-38-40-34(42)30-14-10-18-36-24-30/h1-4,9-18,23-26H,5-8,19-22H2,(H,39,41)(H,40,42). The first kappa shape index (κ1) is 32.5. The molecule has 0 fully saturated rings. The van der Waals surface area contributed by atoms with E-state index in [1.165, 1.54) is 12.4 Å². The molecule has 4 aromatic rings. The lowest BCUT2D eigenvalue weighted by atomic mass is 10.2. The second kappa shape index (κ2) is 19.0. The third-order valence-corrected chi connectivity index (χ3v) is 6.31. The second-order valence-corrected chi connectivity index (χ2v) is 9.68. The molecule has 0 spiro atoms. The number of carbonyl (C=O) groups excluding carboxylic acids is 2. The lowest BCUT2D eigenvalue weighted by Gasteiger charge is -2.10. The molecule has 11 heteroatoms. The Bertz CT molecular complexity index is 1420. The molecule has 232 valence electrons. The summed E-state index contributed by atoms with van der Waals surface area (Å²) in [7, 11) is 0. The Labute approximate surface area is 262 Å². The third kappa shape index (κ3) is 11.6. The van der Waals surface area contributed by atoms with Crippen molar-refractivity contribution >= 4 is 24.2 Å². The van der Waals surface area contributed by atoms with Crippen molar-refractivity contribution in [1.29, 1.82) is 0 Å². The Kier molecular flexibility index (Phi) is 13.7. The topological polar surface area (TPSA) is 136 Å². The Balaban J connectivity index is 1.05. The molecule has 2 N–H and O–H groups in total. The summed E-state index contributed by atoms with van der Waals surface area (Å²) in [6, 6.07) is 21.8. The highest BCUT2D eigenvalue weighted by Crippen LogP contribution is 2.17. The SMILES string of the molecule is O=C(NN=Cc1ccccc1OCCCCOCCCCOc1ccccc1C=NNC(=O)c1cccnc1)c1cccnc1. The van der Waals surface area contributed by atoms with Gasteiger partial charge in [-0.3, -0.25) is 19.6 Å². The summed E-state index contributed by atoms with van der Waals surface area (Å²) in [6.45, 7) is 2.38. The number of rotatable bonds is 18. The van der Waals surface area contributed by atoms with Gasteiger partial charge in [0.05, 0.1) is 36.8 Å². The van der Waals surface area contributed by atoms with Gasteiger partial charge in [0.2, 0.25) is 0 Å². The summed E-state index contributed by atoms with van der Waals surface area (Å²) in [5, 5.41) is 8.09. The van der Waals surface area contributed by atoms with Crippen LogP contribution in [0, 0.1) is 0 Å². The molecular weight excluding hydrogens is 572 g/mol. The van der Waals surface area contributed by atoms with E-state index >= 15 is 0 Å². The molecule has 2 aromatic heterocycles. The van der Waals surface area contributed by atoms with Crippen LogP contribution in [-0.4, -0.2) is 60.6 Å². The van der Waals surface area contributed by atoms with E-state index in [1.807, 2.05) is 48.5 Å². The van der Waals surface area contributed by atoms with E-state index in [0.717, 1.165) is 36.8 Å². The summed E-state index contributed by atoms with van der Waals surface area (Å²) >= 11 is 0. The van der Waals surface area contributed by atoms with Crippen molar-refractivity contribution in [1.82, 2.24) is 20.8 Å². The average Bonchev–Trinajstić information content (AvgIpc) is 3.09. The van der Waals surface area contributed by atoms with Gasteiger partial charge >= 0.3 is 0 Å². The molecule has 0 atom stereocenters. The van der Waals surface area contributed by atoms with Gasteiger partial charge in [0, 0.05) is 49.1 Å². The van der Waals surface area contributed by atoms with E-state index in [4.69, 9.17) is 14.2 Å². The fourth-order valence-corrected chi connectivity index (χ4v) is 3.96. The first-order valence-corrected chi connectivity index (χ1v) is 14.7. The van der Waals surface area contributed by atoms with Gasteiger partial charge in [-0.2, -0.15) is 10.2 Å². The molecule has 45 heavy (non-hydrogen) atoms. The second-order valence-electron chi connectivity index (χ2n) is 9.68. The lowest BCUT2D eigenvalue weighted by molar-refractivity contribution is 0.0946. The smallest absolute Gasteiger partial charge is 0.272 e. The van der Waals surface area contributed by atoms with E-state index in [1.54, 1.807) is 49.1 Å². The first-order valence-electron chi connectivity index (χ1n) is 14.7. The van der Waals surface area contributed by atoms with Crippen molar-refractivity contribution in [2.24, 2.45) is 10.2 Å². The van der Waals surface area contributed by atoms with Crippen LogP contribution < -0.4 is 20.3 Å². The molecule has 0 saturated carbocycles. The van der Waals surface area contributed by atoms with Crippen LogP contribution >= 0.6 is 0 Å². The van der Waals surface area contributed by atoms with Crippen LogP contribution in [0.15, 0.2) is 108 Å². The highest BCUT2D eigenvalue weighted by atomic mass is 16.5. The number of carbonyl (C=O) groups is 2. The minimum Gasteiger partial charge on any atom is -0.493 e. The number of nitrogens with one attached hydrogen (secondary N) is 2. The van der Waals surface area contributed by atoms with Crippen LogP contribution in [0.1, 0.15) is 57.5 Å². The molecule has 0 bridgehead atoms. The van der Waals surface area contributed by atoms with Crippen molar-refractivity contribution in [2.45, 2.75) is 25.7 Å². The number of aromatic nitrogens is 2. The molecule has 4 rings (SSSR count). The van der Waals surface area contributed by atoms with Crippen LogP contribution in [0.5, 0.6) is 11.5 Å². The zero-order chi connectivity index (χ0) is 31.4. The number of para-hydroxylation sites is 2. The number of unbranched alkanes of at least 4 members (excludes halogenated alkanes) is 2. The molecule has 0 aliphatic rings. The zero-order valence-corrected chi connectivity index (χ0v) is 24.9. The van der Waals surface area contributed by atoms with Gasteiger partial charge in [0.25, 0.3) is 11.8 Å². The number of nitrogens with zero attached hydrogens (tertiary/aromatic N) is 4. The molecule has 2 heterocycles. The van der Waals surface area contributed by atoms with E-state index < -0.39 is 0 Å². The van der Waals surface area contributed by atoms with Crippen molar-refractivity contribution in [3.05, 3.63) is 120 Å². The first-order chi connectivity index (χ1) is 22.2. The fraction of sp³-hybridized carbons (Fsp3) is 0.235. The number of benzene rings is 2. The third-order valence-electron chi connectivity index (χ3n) is 6.31. The highest BCUT2D eigenvalue weighted by Gasteiger charge is 2.06. The quantitative estimate of drug-likeness (QED) is 0.0918. The molecular formula is C34H36N6O5.